The summed E-state index contributed by atoms with van der Waals surface area (Å²) in [4.78, 5) is 31.8. The van der Waals surface area contributed by atoms with Crippen molar-refractivity contribution >= 4 is 23.3 Å². The Morgan fingerprint density at radius 2 is 1.72 bits per heavy atom. The number of carbonyl (C=O) groups excluding carboxylic acids is 2. The zero-order chi connectivity index (χ0) is 17.8. The van der Waals surface area contributed by atoms with Gasteiger partial charge in [0.1, 0.15) is 11.6 Å². The molecular formula is C18H19FN4O2. The lowest BCUT2D eigenvalue weighted by Crippen LogP contribution is -2.50. The molecule has 1 aromatic heterocycles. The first kappa shape index (κ1) is 16.9. The van der Waals surface area contributed by atoms with Crippen molar-refractivity contribution in [3.8, 4) is 0 Å². The van der Waals surface area contributed by atoms with Crippen LogP contribution in [0.2, 0.25) is 0 Å². The molecule has 130 valence electrons. The summed E-state index contributed by atoms with van der Waals surface area (Å²) in [5, 5.41) is 2.89. The molecule has 7 heteroatoms. The first-order valence-electron chi connectivity index (χ1n) is 8.07. The predicted octanol–water partition coefficient (Wildman–Crippen LogP) is 2.27. The van der Waals surface area contributed by atoms with Crippen LogP contribution in [0.25, 0.3) is 0 Å². The third-order valence-corrected chi connectivity index (χ3v) is 4.18. The third-order valence-electron chi connectivity index (χ3n) is 4.18. The first-order chi connectivity index (χ1) is 12.1. The molecule has 2 heterocycles. The number of amides is 2. The van der Waals surface area contributed by atoms with Crippen LogP contribution >= 0.6 is 0 Å². The lowest BCUT2D eigenvalue weighted by Gasteiger charge is -2.34. The van der Waals surface area contributed by atoms with Gasteiger partial charge in [-0.25, -0.2) is 9.37 Å². The fraction of sp³-hybridized carbons (Fsp3) is 0.278. The topological polar surface area (TPSA) is 65.5 Å². The second kappa shape index (κ2) is 7.29. The highest BCUT2D eigenvalue weighted by atomic mass is 19.1. The highest BCUT2D eigenvalue weighted by Gasteiger charge is 2.25. The monoisotopic (exact) mass is 342 g/mol. The number of hydrogen-bond donors (Lipinski definition) is 1. The number of anilines is 2. The van der Waals surface area contributed by atoms with E-state index < -0.39 is 5.82 Å². The first-order valence-corrected chi connectivity index (χ1v) is 8.07. The number of rotatable bonds is 3. The second-order valence-electron chi connectivity index (χ2n) is 5.80. The minimum atomic E-state index is -0.415. The zero-order valence-corrected chi connectivity index (χ0v) is 13.9. The maximum Gasteiger partial charge on any atom is 0.257 e. The number of halogens is 1. The number of nitrogens with one attached hydrogen (secondary N) is 1. The normalized spacial score (nSPS) is 14.3. The molecule has 1 fully saturated rings. The third kappa shape index (κ3) is 3.76. The number of carbonyl (C=O) groups is 2. The Bertz CT molecular complexity index is 788. The maximum atomic E-state index is 13.9. The van der Waals surface area contributed by atoms with E-state index in [-0.39, 0.29) is 17.5 Å². The van der Waals surface area contributed by atoms with Gasteiger partial charge in [0, 0.05) is 39.3 Å². The van der Waals surface area contributed by atoms with E-state index in [0.717, 1.165) is 0 Å². The van der Waals surface area contributed by atoms with Crippen LogP contribution in [0.4, 0.5) is 15.9 Å². The molecule has 1 aromatic carbocycles. The van der Waals surface area contributed by atoms with Gasteiger partial charge in [-0.2, -0.15) is 0 Å². The van der Waals surface area contributed by atoms with E-state index in [1.807, 2.05) is 0 Å². The SMILES string of the molecule is CC(=O)N1CCN(C(=O)c2cccnc2Nc2ccccc2F)CC1. The van der Waals surface area contributed by atoms with Gasteiger partial charge in [-0.15, -0.1) is 0 Å². The van der Waals surface area contributed by atoms with Gasteiger partial charge in [0.25, 0.3) is 5.91 Å². The molecule has 1 aliphatic heterocycles. The molecule has 2 aromatic rings. The van der Waals surface area contributed by atoms with Crippen molar-refractivity contribution in [3.05, 3.63) is 54.0 Å². The van der Waals surface area contributed by atoms with Crippen LogP contribution in [0.5, 0.6) is 0 Å². The number of benzene rings is 1. The average Bonchev–Trinajstić information content (AvgIpc) is 2.63. The summed E-state index contributed by atoms with van der Waals surface area (Å²) < 4.78 is 13.9. The molecule has 6 nitrogen and oxygen atoms in total. The second-order valence-corrected chi connectivity index (χ2v) is 5.80. The van der Waals surface area contributed by atoms with E-state index in [0.29, 0.717) is 37.6 Å². The summed E-state index contributed by atoms with van der Waals surface area (Å²) in [5.41, 5.74) is 0.638. The summed E-state index contributed by atoms with van der Waals surface area (Å²) >= 11 is 0. The van der Waals surface area contributed by atoms with Gasteiger partial charge in [0.2, 0.25) is 5.91 Å². The Morgan fingerprint density at radius 3 is 2.40 bits per heavy atom. The number of para-hydroxylation sites is 1. The summed E-state index contributed by atoms with van der Waals surface area (Å²) in [6, 6.07) is 9.56. The molecular weight excluding hydrogens is 323 g/mol. The van der Waals surface area contributed by atoms with Crippen molar-refractivity contribution in [1.29, 1.82) is 0 Å². The molecule has 25 heavy (non-hydrogen) atoms. The average molecular weight is 342 g/mol. The van der Waals surface area contributed by atoms with Crippen LogP contribution in [0.3, 0.4) is 0 Å². The van der Waals surface area contributed by atoms with Crippen molar-refractivity contribution in [1.82, 2.24) is 14.8 Å². The summed E-state index contributed by atoms with van der Waals surface area (Å²) in [6.07, 6.45) is 1.55. The maximum absolute atomic E-state index is 13.9. The van der Waals surface area contributed by atoms with Gasteiger partial charge in [0.05, 0.1) is 11.3 Å². The Kier molecular flexibility index (Phi) is 4.92. The lowest BCUT2D eigenvalue weighted by molar-refractivity contribution is -0.130. The molecule has 3 rings (SSSR count). The Balaban J connectivity index is 1.78. The smallest absolute Gasteiger partial charge is 0.257 e. The molecule has 0 unspecified atom stereocenters. The summed E-state index contributed by atoms with van der Waals surface area (Å²) in [7, 11) is 0. The standard InChI is InChI=1S/C18H19FN4O2/c1-13(24)22-9-11-23(12-10-22)18(25)14-5-4-8-20-17(14)21-16-7-3-2-6-15(16)19/h2-8H,9-12H2,1H3,(H,20,21). The molecule has 0 bridgehead atoms. The molecule has 0 saturated carbocycles. The van der Waals surface area contributed by atoms with Crippen LogP contribution in [-0.4, -0.2) is 52.8 Å². The number of pyridine rings is 1. The lowest BCUT2D eigenvalue weighted by atomic mass is 10.2. The quantitative estimate of drug-likeness (QED) is 0.929. The van der Waals surface area contributed by atoms with E-state index in [1.165, 1.54) is 13.0 Å². The van der Waals surface area contributed by atoms with Gasteiger partial charge in [-0.1, -0.05) is 12.1 Å². The van der Waals surface area contributed by atoms with Gasteiger partial charge in [-0.3, -0.25) is 9.59 Å². The van der Waals surface area contributed by atoms with Crippen molar-refractivity contribution in [2.75, 3.05) is 31.5 Å². The van der Waals surface area contributed by atoms with Crippen LogP contribution in [-0.2, 0) is 4.79 Å². The van der Waals surface area contributed by atoms with E-state index in [4.69, 9.17) is 0 Å². The molecule has 1 saturated heterocycles. The van der Waals surface area contributed by atoms with Gasteiger partial charge < -0.3 is 15.1 Å². The molecule has 1 N–H and O–H groups in total. The van der Waals surface area contributed by atoms with E-state index in [1.54, 1.807) is 46.3 Å². The zero-order valence-electron chi connectivity index (χ0n) is 13.9. The number of hydrogen-bond acceptors (Lipinski definition) is 4. The molecule has 0 atom stereocenters. The Labute approximate surface area is 145 Å². The minimum absolute atomic E-state index is 0.00962. The fourth-order valence-electron chi connectivity index (χ4n) is 2.76. The Hall–Kier alpha value is -2.96. The Morgan fingerprint density at radius 1 is 1.04 bits per heavy atom. The van der Waals surface area contributed by atoms with Crippen molar-refractivity contribution in [3.63, 3.8) is 0 Å². The van der Waals surface area contributed by atoms with Crippen LogP contribution < -0.4 is 5.32 Å². The van der Waals surface area contributed by atoms with E-state index >= 15 is 0 Å². The summed E-state index contributed by atoms with van der Waals surface area (Å²) in [6.45, 7) is 3.47. The molecule has 0 radical (unpaired) electrons. The van der Waals surface area contributed by atoms with Gasteiger partial charge >= 0.3 is 0 Å². The summed E-state index contributed by atoms with van der Waals surface area (Å²) in [5.74, 6) is -0.279. The van der Waals surface area contributed by atoms with Gasteiger partial charge in [0.15, 0.2) is 0 Å². The fourth-order valence-corrected chi connectivity index (χ4v) is 2.76. The predicted molar refractivity (Wildman–Crippen MR) is 92.1 cm³/mol. The van der Waals surface area contributed by atoms with Crippen LogP contribution in [0.15, 0.2) is 42.6 Å². The van der Waals surface area contributed by atoms with Crippen molar-refractivity contribution in [2.45, 2.75) is 6.92 Å². The molecule has 0 aliphatic carbocycles. The highest BCUT2D eigenvalue weighted by molar-refractivity contribution is 5.99. The largest absolute Gasteiger partial charge is 0.339 e. The highest BCUT2D eigenvalue weighted by Crippen LogP contribution is 2.22. The van der Waals surface area contributed by atoms with Crippen LogP contribution in [0, 0.1) is 5.82 Å². The molecule has 2 amide bonds. The van der Waals surface area contributed by atoms with Crippen molar-refractivity contribution in [2.24, 2.45) is 0 Å². The van der Waals surface area contributed by atoms with E-state index in [2.05, 4.69) is 10.3 Å². The number of nitrogens with zero attached hydrogens (tertiary/aromatic N) is 3. The number of piperazine rings is 1. The molecule has 1 aliphatic rings. The molecule has 0 spiro atoms. The van der Waals surface area contributed by atoms with E-state index in [9.17, 15) is 14.0 Å². The van der Waals surface area contributed by atoms with Gasteiger partial charge in [-0.05, 0) is 24.3 Å². The van der Waals surface area contributed by atoms with Crippen LogP contribution in [0.1, 0.15) is 17.3 Å². The minimum Gasteiger partial charge on any atom is -0.339 e. The number of aromatic nitrogens is 1. The van der Waals surface area contributed by atoms with Crippen molar-refractivity contribution < 1.29 is 14.0 Å².